The van der Waals surface area contributed by atoms with Gasteiger partial charge in [-0.1, -0.05) is 0 Å². The third-order valence-corrected chi connectivity index (χ3v) is 2.53. The van der Waals surface area contributed by atoms with Crippen LogP contribution in [-0.2, 0) is 0 Å². The highest BCUT2D eigenvalue weighted by molar-refractivity contribution is 5.82. The fraction of sp³-hybridized carbons (Fsp3) is 0. The standard InChI is InChI=1S/C13H8F2N2O5/c14-9-6-12(10(15)5-11(9)17(20)21)22-8-3-1-7(2-4-8)16-13(18)19/h1-6,16H,(H,18,19). The lowest BCUT2D eigenvalue weighted by molar-refractivity contribution is -0.387. The molecule has 0 saturated heterocycles. The first-order valence-electron chi connectivity index (χ1n) is 5.78. The third-order valence-electron chi connectivity index (χ3n) is 2.53. The molecule has 0 aliphatic carbocycles. The van der Waals surface area contributed by atoms with Crippen molar-refractivity contribution in [1.29, 1.82) is 0 Å². The Morgan fingerprint density at radius 3 is 2.36 bits per heavy atom. The molecule has 1 amide bonds. The molecule has 9 heteroatoms. The van der Waals surface area contributed by atoms with Crippen molar-refractivity contribution in [2.75, 3.05) is 5.32 Å². The first-order chi connectivity index (χ1) is 10.4. The molecular weight excluding hydrogens is 302 g/mol. The number of nitro benzene ring substituents is 1. The van der Waals surface area contributed by atoms with E-state index >= 15 is 0 Å². The largest absolute Gasteiger partial charge is 0.465 e. The molecule has 2 aromatic carbocycles. The van der Waals surface area contributed by atoms with Gasteiger partial charge in [-0.15, -0.1) is 0 Å². The Labute approximate surface area is 121 Å². The zero-order valence-electron chi connectivity index (χ0n) is 10.7. The second-order valence-corrected chi connectivity index (χ2v) is 4.05. The van der Waals surface area contributed by atoms with E-state index in [-0.39, 0.29) is 11.4 Å². The smallest absolute Gasteiger partial charge is 0.409 e. The summed E-state index contributed by atoms with van der Waals surface area (Å²) < 4.78 is 32.1. The molecule has 114 valence electrons. The Bertz CT molecular complexity index is 734. The number of halogens is 2. The van der Waals surface area contributed by atoms with Crippen molar-refractivity contribution in [3.63, 3.8) is 0 Å². The predicted molar refractivity (Wildman–Crippen MR) is 71.2 cm³/mol. The third kappa shape index (κ3) is 3.45. The van der Waals surface area contributed by atoms with E-state index < -0.39 is 34.1 Å². The number of carbonyl (C=O) groups is 1. The van der Waals surface area contributed by atoms with Crippen molar-refractivity contribution < 1.29 is 28.3 Å². The SMILES string of the molecule is O=C(O)Nc1ccc(Oc2cc(F)c([N+](=O)[O-])cc2F)cc1. The highest BCUT2D eigenvalue weighted by Crippen LogP contribution is 2.30. The summed E-state index contributed by atoms with van der Waals surface area (Å²) in [4.78, 5) is 19.9. The Balaban J connectivity index is 2.22. The Kier molecular flexibility index (Phi) is 4.16. The van der Waals surface area contributed by atoms with E-state index in [1.165, 1.54) is 24.3 Å². The number of nitrogens with zero attached hydrogens (tertiary/aromatic N) is 1. The maximum Gasteiger partial charge on any atom is 0.409 e. The minimum absolute atomic E-state index is 0.100. The molecule has 0 aromatic heterocycles. The summed E-state index contributed by atoms with van der Waals surface area (Å²) in [6.07, 6.45) is -1.25. The van der Waals surface area contributed by atoms with Gasteiger partial charge in [0.15, 0.2) is 11.6 Å². The van der Waals surface area contributed by atoms with E-state index in [0.29, 0.717) is 12.1 Å². The summed E-state index contributed by atoms with van der Waals surface area (Å²) in [5.74, 6) is -2.75. The van der Waals surface area contributed by atoms with Crippen molar-refractivity contribution in [2.24, 2.45) is 0 Å². The number of anilines is 1. The van der Waals surface area contributed by atoms with E-state index in [0.717, 1.165) is 0 Å². The zero-order valence-corrected chi connectivity index (χ0v) is 10.7. The normalized spacial score (nSPS) is 10.1. The van der Waals surface area contributed by atoms with Gasteiger partial charge in [0.25, 0.3) is 0 Å². The molecule has 2 N–H and O–H groups in total. The van der Waals surface area contributed by atoms with Crippen LogP contribution in [0.4, 0.5) is 25.0 Å². The van der Waals surface area contributed by atoms with E-state index in [1.807, 2.05) is 0 Å². The Morgan fingerprint density at radius 1 is 1.18 bits per heavy atom. The first-order valence-corrected chi connectivity index (χ1v) is 5.78. The monoisotopic (exact) mass is 310 g/mol. The number of amides is 1. The molecule has 0 bridgehead atoms. The van der Waals surface area contributed by atoms with Gasteiger partial charge in [-0.2, -0.15) is 4.39 Å². The lowest BCUT2D eigenvalue weighted by atomic mass is 10.2. The number of hydrogen-bond donors (Lipinski definition) is 2. The minimum atomic E-state index is -1.25. The Hall–Kier alpha value is -3.23. The zero-order chi connectivity index (χ0) is 16.3. The van der Waals surface area contributed by atoms with Crippen molar-refractivity contribution in [3.05, 3.63) is 58.1 Å². The maximum absolute atomic E-state index is 13.6. The molecule has 7 nitrogen and oxygen atoms in total. The van der Waals surface area contributed by atoms with Crippen LogP contribution in [0, 0.1) is 21.7 Å². The summed E-state index contributed by atoms with van der Waals surface area (Å²) in [5, 5.41) is 21.1. The lowest BCUT2D eigenvalue weighted by Crippen LogP contribution is -2.06. The van der Waals surface area contributed by atoms with Gasteiger partial charge < -0.3 is 9.84 Å². The number of benzene rings is 2. The van der Waals surface area contributed by atoms with Crippen LogP contribution in [0.2, 0.25) is 0 Å². The first kappa shape index (κ1) is 15.2. The Morgan fingerprint density at radius 2 is 1.82 bits per heavy atom. The second kappa shape index (κ2) is 6.04. The fourth-order valence-corrected chi connectivity index (χ4v) is 1.59. The van der Waals surface area contributed by atoms with E-state index in [4.69, 9.17) is 9.84 Å². The number of nitrogens with one attached hydrogen (secondary N) is 1. The molecule has 0 fully saturated rings. The fourth-order valence-electron chi connectivity index (χ4n) is 1.59. The topological polar surface area (TPSA) is 102 Å². The van der Waals surface area contributed by atoms with Crippen LogP contribution < -0.4 is 10.1 Å². The van der Waals surface area contributed by atoms with Crippen molar-refractivity contribution >= 4 is 17.5 Å². The number of hydrogen-bond acceptors (Lipinski definition) is 4. The van der Waals surface area contributed by atoms with Crippen LogP contribution >= 0.6 is 0 Å². The van der Waals surface area contributed by atoms with Crippen LogP contribution in [0.1, 0.15) is 0 Å². The molecule has 0 unspecified atom stereocenters. The van der Waals surface area contributed by atoms with Crippen molar-refractivity contribution in [2.45, 2.75) is 0 Å². The molecule has 0 saturated carbocycles. The highest BCUT2D eigenvalue weighted by Gasteiger charge is 2.19. The lowest BCUT2D eigenvalue weighted by Gasteiger charge is -2.08. The number of rotatable bonds is 4. The molecule has 0 heterocycles. The van der Waals surface area contributed by atoms with Gasteiger partial charge >= 0.3 is 11.8 Å². The van der Waals surface area contributed by atoms with Crippen LogP contribution in [0.3, 0.4) is 0 Å². The molecule has 0 aliphatic rings. The molecule has 0 spiro atoms. The second-order valence-electron chi connectivity index (χ2n) is 4.05. The number of nitro groups is 1. The van der Waals surface area contributed by atoms with Gasteiger partial charge in [0.2, 0.25) is 5.82 Å². The van der Waals surface area contributed by atoms with Gasteiger partial charge in [-0.3, -0.25) is 15.4 Å². The van der Waals surface area contributed by atoms with Gasteiger partial charge in [-0.25, -0.2) is 9.18 Å². The summed E-state index contributed by atoms with van der Waals surface area (Å²) in [7, 11) is 0. The number of carboxylic acid groups (broad SMARTS) is 1. The molecule has 22 heavy (non-hydrogen) atoms. The predicted octanol–water partition coefficient (Wildman–Crippen LogP) is 3.76. The summed E-state index contributed by atoms with van der Waals surface area (Å²) >= 11 is 0. The minimum Gasteiger partial charge on any atom is -0.465 e. The van der Waals surface area contributed by atoms with Gasteiger partial charge in [0, 0.05) is 11.8 Å². The van der Waals surface area contributed by atoms with Crippen LogP contribution in [0.5, 0.6) is 11.5 Å². The van der Waals surface area contributed by atoms with Gasteiger partial charge in [0.1, 0.15) is 5.75 Å². The molecule has 2 rings (SSSR count). The summed E-state index contributed by atoms with van der Waals surface area (Å²) in [6, 6.07) is 6.34. The highest BCUT2D eigenvalue weighted by atomic mass is 19.1. The van der Waals surface area contributed by atoms with Crippen LogP contribution in [0.15, 0.2) is 36.4 Å². The molecule has 0 radical (unpaired) electrons. The summed E-state index contributed by atoms with van der Waals surface area (Å²) in [6.45, 7) is 0. The molecule has 0 aliphatic heterocycles. The number of ether oxygens (including phenoxy) is 1. The van der Waals surface area contributed by atoms with Crippen molar-refractivity contribution in [3.8, 4) is 11.5 Å². The quantitative estimate of drug-likeness (QED) is 0.661. The van der Waals surface area contributed by atoms with Gasteiger partial charge in [-0.05, 0) is 24.3 Å². The van der Waals surface area contributed by atoms with E-state index in [2.05, 4.69) is 5.32 Å². The molecule has 0 atom stereocenters. The van der Waals surface area contributed by atoms with Crippen LogP contribution in [-0.4, -0.2) is 16.1 Å². The van der Waals surface area contributed by atoms with E-state index in [9.17, 15) is 23.7 Å². The van der Waals surface area contributed by atoms with Crippen LogP contribution in [0.25, 0.3) is 0 Å². The van der Waals surface area contributed by atoms with Crippen molar-refractivity contribution in [1.82, 2.24) is 0 Å². The molecular formula is C13H8F2N2O5. The average molecular weight is 310 g/mol. The molecule has 2 aromatic rings. The average Bonchev–Trinajstić information content (AvgIpc) is 2.43. The summed E-state index contributed by atoms with van der Waals surface area (Å²) in [5.41, 5.74) is -0.735. The van der Waals surface area contributed by atoms with E-state index in [1.54, 1.807) is 0 Å². The maximum atomic E-state index is 13.6. The van der Waals surface area contributed by atoms with Gasteiger partial charge in [0.05, 0.1) is 11.0 Å².